The predicted octanol–water partition coefficient (Wildman–Crippen LogP) is 4.28. The number of ether oxygens (including phenoxy) is 1. The third kappa shape index (κ3) is 2.89. The zero-order valence-corrected chi connectivity index (χ0v) is 12.6. The highest BCUT2D eigenvalue weighted by Crippen LogP contribution is 2.27. The van der Waals surface area contributed by atoms with Crippen LogP contribution in [0.5, 0.6) is 5.75 Å². The van der Waals surface area contributed by atoms with Gasteiger partial charge in [-0.3, -0.25) is 4.79 Å². The summed E-state index contributed by atoms with van der Waals surface area (Å²) in [7, 11) is 3.26. The number of rotatable bonds is 3. The molecule has 2 aromatic rings. The summed E-state index contributed by atoms with van der Waals surface area (Å²) in [6.45, 7) is 0. The van der Waals surface area contributed by atoms with E-state index >= 15 is 0 Å². The standard InChI is InChI=1S/C15H13Cl2NO2/c1-18(10-6-8-11(20-2)9-7-10)15(19)14-12(16)4-3-5-13(14)17/h3-9H,1-2H3. The lowest BCUT2D eigenvalue weighted by Crippen LogP contribution is -2.26. The Morgan fingerprint density at radius 3 is 2.10 bits per heavy atom. The van der Waals surface area contributed by atoms with E-state index in [9.17, 15) is 4.79 Å². The van der Waals surface area contributed by atoms with E-state index < -0.39 is 0 Å². The van der Waals surface area contributed by atoms with Crippen molar-refractivity contribution in [2.75, 3.05) is 19.1 Å². The molecule has 20 heavy (non-hydrogen) atoms. The van der Waals surface area contributed by atoms with Crippen molar-refractivity contribution in [2.45, 2.75) is 0 Å². The lowest BCUT2D eigenvalue weighted by molar-refractivity contribution is 0.0993. The number of carbonyl (C=O) groups is 1. The molecular formula is C15H13Cl2NO2. The fourth-order valence-electron chi connectivity index (χ4n) is 1.79. The second-order valence-electron chi connectivity index (χ2n) is 4.16. The van der Waals surface area contributed by atoms with Crippen LogP contribution in [0.4, 0.5) is 5.69 Å². The molecule has 0 aliphatic heterocycles. The van der Waals surface area contributed by atoms with Gasteiger partial charge in [0.1, 0.15) is 5.75 Å². The zero-order chi connectivity index (χ0) is 14.7. The van der Waals surface area contributed by atoms with Gasteiger partial charge in [0.15, 0.2) is 0 Å². The molecule has 0 spiro atoms. The number of hydrogen-bond donors (Lipinski definition) is 0. The van der Waals surface area contributed by atoms with E-state index in [0.29, 0.717) is 15.6 Å². The summed E-state index contributed by atoms with van der Waals surface area (Å²) in [6.07, 6.45) is 0. The van der Waals surface area contributed by atoms with E-state index in [4.69, 9.17) is 27.9 Å². The molecule has 1 amide bonds. The van der Waals surface area contributed by atoms with Gasteiger partial charge in [-0.25, -0.2) is 0 Å². The van der Waals surface area contributed by atoms with Crippen LogP contribution in [-0.2, 0) is 0 Å². The molecule has 0 aliphatic carbocycles. The number of amides is 1. The summed E-state index contributed by atoms with van der Waals surface area (Å²) >= 11 is 12.1. The van der Waals surface area contributed by atoms with E-state index in [1.807, 2.05) is 0 Å². The fraction of sp³-hybridized carbons (Fsp3) is 0.133. The minimum absolute atomic E-state index is 0.259. The van der Waals surface area contributed by atoms with Gasteiger partial charge >= 0.3 is 0 Å². The molecule has 104 valence electrons. The van der Waals surface area contributed by atoms with E-state index in [1.165, 1.54) is 4.90 Å². The van der Waals surface area contributed by atoms with Crippen molar-refractivity contribution in [1.29, 1.82) is 0 Å². The molecule has 0 radical (unpaired) electrons. The van der Waals surface area contributed by atoms with Crippen LogP contribution in [0.3, 0.4) is 0 Å². The van der Waals surface area contributed by atoms with Gasteiger partial charge in [0.05, 0.1) is 22.7 Å². The molecule has 0 atom stereocenters. The molecule has 0 N–H and O–H groups in total. The van der Waals surface area contributed by atoms with E-state index in [0.717, 1.165) is 11.4 Å². The smallest absolute Gasteiger partial charge is 0.261 e. The molecule has 2 rings (SSSR count). The van der Waals surface area contributed by atoms with Crippen molar-refractivity contribution in [3.8, 4) is 5.75 Å². The third-order valence-corrected chi connectivity index (χ3v) is 3.57. The maximum Gasteiger partial charge on any atom is 0.261 e. The number of anilines is 1. The minimum Gasteiger partial charge on any atom is -0.497 e. The molecule has 3 nitrogen and oxygen atoms in total. The van der Waals surface area contributed by atoms with Crippen molar-refractivity contribution >= 4 is 34.8 Å². The number of benzene rings is 2. The summed E-state index contributed by atoms with van der Waals surface area (Å²) in [5.74, 6) is 0.469. The SMILES string of the molecule is COc1ccc(N(C)C(=O)c2c(Cl)cccc2Cl)cc1. The second kappa shape index (κ2) is 6.16. The molecular weight excluding hydrogens is 297 g/mol. The van der Waals surface area contributed by atoms with Crippen molar-refractivity contribution in [2.24, 2.45) is 0 Å². The number of halogens is 2. The van der Waals surface area contributed by atoms with Gasteiger partial charge in [-0.05, 0) is 36.4 Å². The molecule has 0 bridgehead atoms. The number of methoxy groups -OCH3 is 1. The Morgan fingerprint density at radius 2 is 1.60 bits per heavy atom. The zero-order valence-electron chi connectivity index (χ0n) is 11.1. The summed E-state index contributed by atoms with van der Waals surface area (Å²) in [5, 5.41) is 0.672. The van der Waals surface area contributed by atoms with Crippen molar-refractivity contribution in [3.63, 3.8) is 0 Å². The number of carbonyl (C=O) groups excluding carboxylic acids is 1. The van der Waals surface area contributed by atoms with Crippen molar-refractivity contribution < 1.29 is 9.53 Å². The van der Waals surface area contributed by atoms with Gasteiger partial charge in [0, 0.05) is 12.7 Å². The Kier molecular flexibility index (Phi) is 4.53. The Hall–Kier alpha value is -1.71. The van der Waals surface area contributed by atoms with Crippen LogP contribution in [0, 0.1) is 0 Å². The maximum atomic E-state index is 12.5. The van der Waals surface area contributed by atoms with Crippen LogP contribution in [0.1, 0.15) is 10.4 Å². The monoisotopic (exact) mass is 309 g/mol. The summed E-state index contributed by atoms with van der Waals surface area (Å²) in [5.41, 5.74) is 1.03. The van der Waals surface area contributed by atoms with Gasteiger partial charge in [-0.1, -0.05) is 29.3 Å². The molecule has 0 fully saturated rings. The van der Waals surface area contributed by atoms with E-state index in [2.05, 4.69) is 0 Å². The topological polar surface area (TPSA) is 29.5 Å². The lowest BCUT2D eigenvalue weighted by Gasteiger charge is -2.19. The Bertz CT molecular complexity index is 606. The highest BCUT2D eigenvalue weighted by atomic mass is 35.5. The summed E-state index contributed by atoms with van der Waals surface area (Å²) in [6, 6.07) is 12.1. The van der Waals surface area contributed by atoms with Crippen LogP contribution >= 0.6 is 23.2 Å². The fourth-order valence-corrected chi connectivity index (χ4v) is 2.35. The molecule has 2 aromatic carbocycles. The normalized spacial score (nSPS) is 10.2. The van der Waals surface area contributed by atoms with Crippen molar-refractivity contribution in [1.82, 2.24) is 0 Å². The Morgan fingerprint density at radius 1 is 1.05 bits per heavy atom. The van der Waals surface area contributed by atoms with Gasteiger partial charge < -0.3 is 9.64 Å². The molecule has 5 heteroatoms. The average Bonchev–Trinajstić information content (AvgIpc) is 2.46. The first kappa shape index (κ1) is 14.7. The van der Waals surface area contributed by atoms with Gasteiger partial charge in [-0.15, -0.1) is 0 Å². The highest BCUT2D eigenvalue weighted by Gasteiger charge is 2.19. The van der Waals surface area contributed by atoms with Gasteiger partial charge in [0.25, 0.3) is 5.91 Å². The van der Waals surface area contributed by atoms with Crippen molar-refractivity contribution in [3.05, 3.63) is 58.1 Å². The van der Waals surface area contributed by atoms with Gasteiger partial charge in [-0.2, -0.15) is 0 Å². The highest BCUT2D eigenvalue weighted by molar-refractivity contribution is 6.40. The van der Waals surface area contributed by atoms with Crippen LogP contribution in [-0.4, -0.2) is 20.1 Å². The van der Waals surface area contributed by atoms with Crippen LogP contribution < -0.4 is 9.64 Å². The van der Waals surface area contributed by atoms with Gasteiger partial charge in [0.2, 0.25) is 0 Å². The first-order valence-electron chi connectivity index (χ1n) is 5.90. The quantitative estimate of drug-likeness (QED) is 0.847. The van der Waals surface area contributed by atoms with E-state index in [-0.39, 0.29) is 5.91 Å². The molecule has 0 saturated heterocycles. The maximum absolute atomic E-state index is 12.5. The molecule has 0 heterocycles. The summed E-state index contributed by atoms with van der Waals surface area (Å²) < 4.78 is 5.09. The number of nitrogens with zero attached hydrogens (tertiary/aromatic N) is 1. The largest absolute Gasteiger partial charge is 0.497 e. The summed E-state index contributed by atoms with van der Waals surface area (Å²) in [4.78, 5) is 14.0. The second-order valence-corrected chi connectivity index (χ2v) is 4.97. The Labute approximate surface area is 127 Å². The Balaban J connectivity index is 2.32. The van der Waals surface area contributed by atoms with E-state index in [1.54, 1.807) is 56.6 Å². The number of hydrogen-bond acceptors (Lipinski definition) is 2. The lowest BCUT2D eigenvalue weighted by atomic mass is 10.2. The predicted molar refractivity (Wildman–Crippen MR) is 82.2 cm³/mol. The molecule has 0 unspecified atom stereocenters. The molecule has 0 saturated carbocycles. The third-order valence-electron chi connectivity index (χ3n) is 2.94. The first-order valence-corrected chi connectivity index (χ1v) is 6.66. The van der Waals surface area contributed by atoms with Crippen LogP contribution in [0.15, 0.2) is 42.5 Å². The van der Waals surface area contributed by atoms with Crippen LogP contribution in [0.25, 0.3) is 0 Å². The minimum atomic E-state index is -0.259. The average molecular weight is 310 g/mol. The van der Waals surface area contributed by atoms with Crippen LogP contribution in [0.2, 0.25) is 10.0 Å². The molecule has 0 aromatic heterocycles. The first-order chi connectivity index (χ1) is 9.54. The molecule has 0 aliphatic rings.